The van der Waals surface area contributed by atoms with Gasteiger partial charge in [-0.2, -0.15) is 0 Å². The predicted octanol–water partition coefficient (Wildman–Crippen LogP) is 0.285. The van der Waals surface area contributed by atoms with Crippen LogP contribution in [0.3, 0.4) is 0 Å². The summed E-state index contributed by atoms with van der Waals surface area (Å²) in [6.45, 7) is 2.63. The van der Waals surface area contributed by atoms with E-state index in [0.29, 0.717) is 18.7 Å². The number of nitrogens with zero attached hydrogens (tertiary/aromatic N) is 2. The molecule has 2 rings (SSSR count). The van der Waals surface area contributed by atoms with Crippen molar-refractivity contribution in [1.82, 2.24) is 9.88 Å². The maximum atomic E-state index is 12.0. The summed E-state index contributed by atoms with van der Waals surface area (Å²) in [4.78, 5) is 39.2. The summed E-state index contributed by atoms with van der Waals surface area (Å²) in [5.74, 6) is -0.773. The summed E-state index contributed by atoms with van der Waals surface area (Å²) in [6.07, 6.45) is 1.34. The number of primary amides is 1. The first kappa shape index (κ1) is 13.5. The number of pyridine rings is 1. The minimum atomic E-state index is -0.624. The van der Waals surface area contributed by atoms with Gasteiger partial charge in [0.05, 0.1) is 5.56 Å². The number of likely N-dealkylation sites (tertiary alicyclic amines) is 1. The molecule has 2 amide bonds. The third-order valence-corrected chi connectivity index (χ3v) is 3.69. The number of rotatable bonds is 3. The molecule has 0 radical (unpaired) electrons. The van der Waals surface area contributed by atoms with Crippen LogP contribution >= 0.6 is 11.8 Å². The zero-order valence-corrected chi connectivity index (χ0v) is 11.1. The Hall–Kier alpha value is -1.89. The lowest BCUT2D eigenvalue weighted by molar-refractivity contribution is -0.109. The van der Waals surface area contributed by atoms with Crippen LogP contribution in [0.15, 0.2) is 18.3 Å². The minimum Gasteiger partial charge on any atom is -0.364 e. The Labute approximate surface area is 114 Å². The molecule has 1 aromatic rings. The van der Waals surface area contributed by atoms with E-state index in [0.717, 1.165) is 0 Å². The molecule has 0 aromatic carbocycles. The van der Waals surface area contributed by atoms with Gasteiger partial charge in [-0.1, -0.05) is 11.8 Å². The zero-order chi connectivity index (χ0) is 14.0. The summed E-state index contributed by atoms with van der Waals surface area (Å²) in [6, 6.07) is 2.96. The van der Waals surface area contributed by atoms with Crippen molar-refractivity contribution in [3.8, 4) is 0 Å². The highest BCUT2D eigenvalue weighted by Crippen LogP contribution is 2.24. The van der Waals surface area contributed by atoms with Crippen LogP contribution in [0.2, 0.25) is 0 Å². The van der Waals surface area contributed by atoms with Gasteiger partial charge in [0.2, 0.25) is 0 Å². The van der Waals surface area contributed by atoms with E-state index in [1.807, 2.05) is 0 Å². The molecule has 1 aliphatic heterocycles. The van der Waals surface area contributed by atoms with E-state index >= 15 is 0 Å². The molecule has 100 valence electrons. The quantitative estimate of drug-likeness (QED) is 0.858. The van der Waals surface area contributed by atoms with Crippen LogP contribution < -0.4 is 5.73 Å². The van der Waals surface area contributed by atoms with Crippen molar-refractivity contribution in [3.63, 3.8) is 0 Å². The monoisotopic (exact) mass is 279 g/mol. The van der Waals surface area contributed by atoms with Crippen LogP contribution in [0, 0.1) is 0 Å². The number of hydrogen-bond donors (Lipinski definition) is 1. The van der Waals surface area contributed by atoms with Gasteiger partial charge in [0.1, 0.15) is 5.69 Å². The molecule has 7 heteroatoms. The SMILES string of the molecule is CC(=O)SC1CN(C(=O)c2ccc(C(N)=O)nc2)C1. The number of nitrogens with two attached hydrogens (primary N) is 1. The predicted molar refractivity (Wildman–Crippen MR) is 70.7 cm³/mol. The molecule has 0 atom stereocenters. The summed E-state index contributed by atoms with van der Waals surface area (Å²) < 4.78 is 0. The maximum absolute atomic E-state index is 12.0. The number of amides is 2. The van der Waals surface area contributed by atoms with Gasteiger partial charge in [-0.25, -0.2) is 0 Å². The molecule has 1 fully saturated rings. The molecule has 6 nitrogen and oxygen atoms in total. The molecule has 1 saturated heterocycles. The minimum absolute atomic E-state index is 0.0598. The Morgan fingerprint density at radius 1 is 1.37 bits per heavy atom. The summed E-state index contributed by atoms with van der Waals surface area (Å²) in [5, 5.41) is 0.240. The van der Waals surface area contributed by atoms with Crippen LogP contribution in [0.1, 0.15) is 27.8 Å². The van der Waals surface area contributed by atoms with Crippen LogP contribution in [0.4, 0.5) is 0 Å². The largest absolute Gasteiger partial charge is 0.364 e. The molecule has 0 unspecified atom stereocenters. The van der Waals surface area contributed by atoms with Crippen molar-refractivity contribution in [2.45, 2.75) is 12.2 Å². The van der Waals surface area contributed by atoms with Gasteiger partial charge < -0.3 is 10.6 Å². The standard InChI is InChI=1S/C12H13N3O3S/c1-7(16)19-9-5-15(6-9)12(18)8-2-3-10(11(13)17)14-4-8/h2-4,9H,5-6H2,1H3,(H2,13,17). The second-order valence-corrected chi connectivity index (χ2v) is 5.72. The van der Waals surface area contributed by atoms with Gasteiger partial charge >= 0.3 is 0 Å². The van der Waals surface area contributed by atoms with E-state index in [1.54, 1.807) is 4.90 Å². The van der Waals surface area contributed by atoms with E-state index in [2.05, 4.69) is 4.98 Å². The van der Waals surface area contributed by atoms with Gasteiger partial charge in [0, 0.05) is 31.5 Å². The maximum Gasteiger partial charge on any atom is 0.267 e. The summed E-state index contributed by atoms with van der Waals surface area (Å²) >= 11 is 1.25. The van der Waals surface area contributed by atoms with E-state index < -0.39 is 5.91 Å². The molecule has 0 aliphatic carbocycles. The van der Waals surface area contributed by atoms with E-state index in [1.165, 1.54) is 37.0 Å². The van der Waals surface area contributed by atoms with Crippen molar-refractivity contribution in [1.29, 1.82) is 0 Å². The van der Waals surface area contributed by atoms with Crippen LogP contribution in [-0.4, -0.2) is 45.2 Å². The third kappa shape index (κ3) is 3.11. The van der Waals surface area contributed by atoms with Crippen LogP contribution in [-0.2, 0) is 4.79 Å². The lowest BCUT2D eigenvalue weighted by Gasteiger charge is -2.38. The number of hydrogen-bond acceptors (Lipinski definition) is 5. The average molecular weight is 279 g/mol. The molecule has 0 spiro atoms. The van der Waals surface area contributed by atoms with Gasteiger partial charge in [-0.05, 0) is 12.1 Å². The lowest BCUT2D eigenvalue weighted by Crippen LogP contribution is -2.52. The zero-order valence-electron chi connectivity index (χ0n) is 10.3. The first-order chi connectivity index (χ1) is 8.97. The fraction of sp³-hybridized carbons (Fsp3) is 0.333. The van der Waals surface area contributed by atoms with Crippen LogP contribution in [0.5, 0.6) is 0 Å². The first-order valence-electron chi connectivity index (χ1n) is 5.69. The first-order valence-corrected chi connectivity index (χ1v) is 6.57. The normalized spacial score (nSPS) is 14.9. The average Bonchev–Trinajstić information content (AvgIpc) is 2.32. The molecule has 2 heterocycles. The highest BCUT2D eigenvalue weighted by atomic mass is 32.2. The van der Waals surface area contributed by atoms with Crippen molar-refractivity contribution in [3.05, 3.63) is 29.6 Å². The Bertz CT molecular complexity index is 524. The molecule has 0 bridgehead atoms. The van der Waals surface area contributed by atoms with E-state index in [-0.39, 0.29) is 22.0 Å². The van der Waals surface area contributed by atoms with Gasteiger partial charge in [0.25, 0.3) is 11.8 Å². The highest BCUT2D eigenvalue weighted by molar-refractivity contribution is 8.14. The van der Waals surface area contributed by atoms with E-state index in [4.69, 9.17) is 5.73 Å². The number of carbonyl (C=O) groups excluding carboxylic acids is 3. The second kappa shape index (κ2) is 5.40. The Kier molecular flexibility index (Phi) is 3.84. The fourth-order valence-electron chi connectivity index (χ4n) is 1.76. The second-order valence-electron chi connectivity index (χ2n) is 4.24. The molecular formula is C12H13N3O3S. The van der Waals surface area contributed by atoms with Crippen molar-refractivity contribution < 1.29 is 14.4 Å². The molecule has 19 heavy (non-hydrogen) atoms. The van der Waals surface area contributed by atoms with Gasteiger partial charge in [0.15, 0.2) is 5.12 Å². The van der Waals surface area contributed by atoms with Crippen molar-refractivity contribution >= 4 is 28.7 Å². The molecule has 0 saturated carbocycles. The Balaban J connectivity index is 1.94. The Morgan fingerprint density at radius 2 is 2.05 bits per heavy atom. The molecule has 2 N–H and O–H groups in total. The summed E-state index contributed by atoms with van der Waals surface area (Å²) in [5.41, 5.74) is 5.61. The van der Waals surface area contributed by atoms with Crippen LogP contribution in [0.25, 0.3) is 0 Å². The smallest absolute Gasteiger partial charge is 0.267 e. The topological polar surface area (TPSA) is 93.4 Å². The van der Waals surface area contributed by atoms with Gasteiger partial charge in [-0.3, -0.25) is 19.4 Å². The number of carbonyl (C=O) groups is 3. The Morgan fingerprint density at radius 3 is 2.53 bits per heavy atom. The lowest BCUT2D eigenvalue weighted by atomic mass is 10.1. The third-order valence-electron chi connectivity index (χ3n) is 2.73. The summed E-state index contributed by atoms with van der Waals surface area (Å²) in [7, 11) is 0. The van der Waals surface area contributed by atoms with Crippen molar-refractivity contribution in [2.75, 3.05) is 13.1 Å². The fourth-order valence-corrected chi connectivity index (χ4v) is 2.74. The highest BCUT2D eigenvalue weighted by Gasteiger charge is 2.32. The number of aromatic nitrogens is 1. The van der Waals surface area contributed by atoms with E-state index in [9.17, 15) is 14.4 Å². The number of thioether (sulfide) groups is 1. The molecule has 1 aromatic heterocycles. The molecular weight excluding hydrogens is 266 g/mol. The van der Waals surface area contributed by atoms with Crippen molar-refractivity contribution in [2.24, 2.45) is 5.73 Å². The molecule has 1 aliphatic rings. The van der Waals surface area contributed by atoms with Gasteiger partial charge in [-0.15, -0.1) is 0 Å².